The summed E-state index contributed by atoms with van der Waals surface area (Å²) in [5.41, 5.74) is 0.226. The van der Waals surface area contributed by atoms with Crippen LogP contribution in [0.4, 0.5) is 23.7 Å². The molecule has 2 aromatic carbocycles. The molecule has 1 fully saturated rings. The van der Waals surface area contributed by atoms with Gasteiger partial charge in [0.15, 0.2) is 5.75 Å². The van der Waals surface area contributed by atoms with Crippen molar-refractivity contribution in [3.63, 3.8) is 0 Å². The van der Waals surface area contributed by atoms with Crippen molar-refractivity contribution in [2.24, 2.45) is 4.99 Å². The van der Waals surface area contributed by atoms with Crippen molar-refractivity contribution in [1.82, 2.24) is 15.1 Å². The Morgan fingerprint density at radius 2 is 1.87 bits per heavy atom. The van der Waals surface area contributed by atoms with Gasteiger partial charge in [0.2, 0.25) is 0 Å². The van der Waals surface area contributed by atoms with Crippen LogP contribution in [-0.2, 0) is 6.18 Å². The van der Waals surface area contributed by atoms with Crippen molar-refractivity contribution in [3.8, 4) is 11.5 Å². The van der Waals surface area contributed by atoms with E-state index in [1.54, 1.807) is 23.1 Å². The fourth-order valence-electron chi connectivity index (χ4n) is 3.53. The predicted molar refractivity (Wildman–Crippen MR) is 111 cm³/mol. The lowest BCUT2D eigenvalue weighted by Gasteiger charge is -2.36. The van der Waals surface area contributed by atoms with Crippen LogP contribution in [0, 0.1) is 0 Å². The first-order chi connectivity index (χ1) is 14.9. The second-order valence-electron chi connectivity index (χ2n) is 7.16. The fourth-order valence-corrected chi connectivity index (χ4v) is 3.53. The maximum Gasteiger partial charge on any atom is 0.416 e. The molecular weight excluding hydrogens is 409 g/mol. The lowest BCUT2D eigenvalue weighted by atomic mass is 10.1. The van der Waals surface area contributed by atoms with E-state index in [0.29, 0.717) is 55.6 Å². The van der Waals surface area contributed by atoms with Crippen molar-refractivity contribution in [3.05, 3.63) is 66.2 Å². The van der Waals surface area contributed by atoms with Crippen LogP contribution in [0.2, 0.25) is 0 Å². The summed E-state index contributed by atoms with van der Waals surface area (Å²) in [5.74, 6) is 1.10. The normalized spacial score (nSPS) is 15.8. The molecule has 0 saturated carbocycles. The minimum absolute atomic E-state index is 0.0553. The van der Waals surface area contributed by atoms with E-state index in [4.69, 9.17) is 4.74 Å². The van der Waals surface area contributed by atoms with E-state index < -0.39 is 11.7 Å². The molecule has 0 atom stereocenters. The highest BCUT2D eigenvalue weighted by atomic mass is 19.4. The number of piperazine rings is 1. The van der Waals surface area contributed by atoms with Gasteiger partial charge in [-0.1, -0.05) is 18.2 Å². The van der Waals surface area contributed by atoms with Crippen molar-refractivity contribution in [2.45, 2.75) is 6.18 Å². The van der Waals surface area contributed by atoms with E-state index in [1.165, 1.54) is 6.07 Å². The van der Waals surface area contributed by atoms with Gasteiger partial charge in [-0.3, -0.25) is 0 Å². The number of carbonyl (C=O) groups excluding carboxylic acids is 1. The molecule has 0 radical (unpaired) electrons. The summed E-state index contributed by atoms with van der Waals surface area (Å²) in [5, 5.41) is 2.76. The highest BCUT2D eigenvalue weighted by Crippen LogP contribution is 2.41. The van der Waals surface area contributed by atoms with Crippen LogP contribution in [0.3, 0.4) is 0 Å². The van der Waals surface area contributed by atoms with Crippen LogP contribution in [0.5, 0.6) is 11.5 Å². The Morgan fingerprint density at radius 3 is 2.58 bits per heavy atom. The topological polar surface area (TPSA) is 57.2 Å². The van der Waals surface area contributed by atoms with Crippen LogP contribution in [0.15, 0.2) is 60.1 Å². The average molecular weight is 430 g/mol. The van der Waals surface area contributed by atoms with Gasteiger partial charge in [0.25, 0.3) is 0 Å². The number of nitrogens with zero attached hydrogens (tertiary/aromatic N) is 3. The van der Waals surface area contributed by atoms with E-state index >= 15 is 0 Å². The SMILES string of the molecule is C=CCNC(=O)N1CCN(C2=Nc3ccc(C(F)(F)F)cc3Oc3ccccc32)CC1. The summed E-state index contributed by atoms with van der Waals surface area (Å²) < 4.78 is 45.3. The van der Waals surface area contributed by atoms with Gasteiger partial charge in [-0.05, 0) is 30.3 Å². The van der Waals surface area contributed by atoms with Gasteiger partial charge in [0, 0.05) is 32.7 Å². The highest BCUT2D eigenvalue weighted by molar-refractivity contribution is 6.03. The van der Waals surface area contributed by atoms with Crippen LogP contribution < -0.4 is 10.1 Å². The maximum absolute atomic E-state index is 13.2. The first kappa shape index (κ1) is 20.8. The molecule has 2 aliphatic heterocycles. The number of rotatable bonds is 2. The lowest BCUT2D eigenvalue weighted by molar-refractivity contribution is -0.137. The van der Waals surface area contributed by atoms with Gasteiger partial charge in [0.1, 0.15) is 17.3 Å². The zero-order chi connectivity index (χ0) is 22.0. The number of ether oxygens (including phenoxy) is 1. The Morgan fingerprint density at radius 1 is 1.13 bits per heavy atom. The molecule has 2 aliphatic rings. The van der Waals surface area contributed by atoms with E-state index in [2.05, 4.69) is 16.9 Å². The maximum atomic E-state index is 13.2. The van der Waals surface area contributed by atoms with E-state index in [-0.39, 0.29) is 11.8 Å². The molecule has 0 spiro atoms. The largest absolute Gasteiger partial charge is 0.454 e. The molecule has 6 nitrogen and oxygen atoms in total. The van der Waals surface area contributed by atoms with Gasteiger partial charge in [-0.25, -0.2) is 9.79 Å². The second kappa shape index (κ2) is 8.33. The number of alkyl halides is 3. The summed E-state index contributed by atoms with van der Waals surface area (Å²) in [6.45, 7) is 6.03. The number of benzene rings is 2. The fraction of sp³-hybridized carbons (Fsp3) is 0.273. The van der Waals surface area contributed by atoms with Crippen LogP contribution in [0.1, 0.15) is 11.1 Å². The molecule has 4 rings (SSSR count). The molecule has 0 bridgehead atoms. The third-order valence-electron chi connectivity index (χ3n) is 5.13. The molecule has 162 valence electrons. The zero-order valence-corrected chi connectivity index (χ0v) is 16.7. The number of amides is 2. The summed E-state index contributed by atoms with van der Waals surface area (Å²) >= 11 is 0. The third-order valence-corrected chi connectivity index (χ3v) is 5.13. The summed E-state index contributed by atoms with van der Waals surface area (Å²) in [6.07, 6.45) is -2.85. The molecular formula is C22H21F3N4O2. The molecule has 2 amide bonds. The minimum atomic E-state index is -4.47. The standard InChI is InChI=1S/C22H21F3N4O2/c1-2-9-26-21(30)29-12-10-28(11-13-29)20-16-5-3-4-6-18(16)31-19-14-15(22(23,24)25)7-8-17(19)27-20/h2-8,14H,1,9-13H2,(H,26,30). The van der Waals surface area contributed by atoms with Crippen molar-refractivity contribution < 1.29 is 22.7 Å². The monoisotopic (exact) mass is 430 g/mol. The van der Waals surface area contributed by atoms with Crippen molar-refractivity contribution >= 4 is 17.6 Å². The third kappa shape index (κ3) is 4.35. The Hall–Kier alpha value is -3.49. The van der Waals surface area contributed by atoms with Gasteiger partial charge in [-0.2, -0.15) is 13.2 Å². The number of hydrogen-bond donors (Lipinski definition) is 1. The van der Waals surface area contributed by atoms with Crippen molar-refractivity contribution in [2.75, 3.05) is 32.7 Å². The molecule has 2 heterocycles. The number of urea groups is 1. The molecule has 1 saturated heterocycles. The molecule has 0 aromatic heterocycles. The van der Waals surface area contributed by atoms with E-state index in [0.717, 1.165) is 12.1 Å². The summed E-state index contributed by atoms with van der Waals surface area (Å²) in [4.78, 5) is 20.6. The summed E-state index contributed by atoms with van der Waals surface area (Å²) in [7, 11) is 0. The zero-order valence-electron chi connectivity index (χ0n) is 16.7. The molecule has 0 unspecified atom stereocenters. The van der Waals surface area contributed by atoms with Crippen LogP contribution in [-0.4, -0.2) is 54.4 Å². The number of fused-ring (bicyclic) bond motifs is 2. The number of aliphatic imine (C=N–C) groups is 1. The highest BCUT2D eigenvalue weighted by Gasteiger charge is 2.33. The van der Waals surface area contributed by atoms with Gasteiger partial charge in [0.05, 0.1) is 11.1 Å². The molecule has 1 N–H and O–H groups in total. The molecule has 2 aromatic rings. The lowest BCUT2D eigenvalue weighted by Crippen LogP contribution is -2.53. The van der Waals surface area contributed by atoms with Gasteiger partial charge >= 0.3 is 12.2 Å². The molecule has 9 heteroatoms. The van der Waals surface area contributed by atoms with E-state index in [9.17, 15) is 18.0 Å². The van der Waals surface area contributed by atoms with Gasteiger partial charge in [-0.15, -0.1) is 6.58 Å². The minimum Gasteiger partial charge on any atom is -0.454 e. The predicted octanol–water partition coefficient (Wildman–Crippen LogP) is 4.40. The Kier molecular flexibility index (Phi) is 5.58. The number of halogens is 3. The first-order valence-corrected chi connectivity index (χ1v) is 9.82. The summed E-state index contributed by atoms with van der Waals surface area (Å²) in [6, 6.07) is 10.3. The van der Waals surface area contributed by atoms with E-state index in [1.807, 2.05) is 17.0 Å². The average Bonchev–Trinajstić information content (AvgIpc) is 2.93. The quantitative estimate of drug-likeness (QED) is 0.719. The second-order valence-corrected chi connectivity index (χ2v) is 7.16. The number of carbonyl (C=O) groups is 1. The van der Waals surface area contributed by atoms with Crippen molar-refractivity contribution in [1.29, 1.82) is 0 Å². The number of amidine groups is 1. The Balaban J connectivity index is 1.63. The van der Waals surface area contributed by atoms with Crippen LogP contribution in [0.25, 0.3) is 0 Å². The van der Waals surface area contributed by atoms with Crippen LogP contribution >= 0.6 is 0 Å². The smallest absolute Gasteiger partial charge is 0.416 e. The number of para-hydroxylation sites is 1. The number of hydrogen-bond acceptors (Lipinski definition) is 4. The van der Waals surface area contributed by atoms with Gasteiger partial charge < -0.3 is 19.9 Å². The first-order valence-electron chi connectivity index (χ1n) is 9.82. The number of nitrogens with one attached hydrogen (secondary N) is 1. The Bertz CT molecular complexity index is 1030. The molecule has 31 heavy (non-hydrogen) atoms. The Labute approximate surface area is 177 Å². The molecule has 0 aliphatic carbocycles.